The van der Waals surface area contributed by atoms with E-state index in [2.05, 4.69) is 29.2 Å². The lowest BCUT2D eigenvalue weighted by molar-refractivity contribution is 0.107. The van der Waals surface area contributed by atoms with Crippen molar-refractivity contribution < 1.29 is 0 Å². The summed E-state index contributed by atoms with van der Waals surface area (Å²) < 4.78 is 0. The van der Waals surface area contributed by atoms with Crippen LogP contribution in [-0.2, 0) is 0 Å². The molecular weight excluding hydrogens is 186 g/mol. The fourth-order valence-electron chi connectivity index (χ4n) is 2.99. The summed E-state index contributed by atoms with van der Waals surface area (Å²) in [6, 6.07) is 1.72. The van der Waals surface area contributed by atoms with Crippen molar-refractivity contribution in [1.29, 1.82) is 0 Å². The second-order valence-electron chi connectivity index (χ2n) is 5.21. The molecule has 0 amide bonds. The molecule has 0 bridgehead atoms. The van der Waals surface area contributed by atoms with E-state index in [1.165, 1.54) is 51.9 Å². The number of rotatable bonds is 2. The molecular formula is C12H25N3. The first-order chi connectivity index (χ1) is 7.27. The molecule has 1 N–H and O–H groups in total. The zero-order valence-electron chi connectivity index (χ0n) is 10.2. The Morgan fingerprint density at radius 3 is 2.13 bits per heavy atom. The maximum Gasteiger partial charge on any atom is 0.0110 e. The molecule has 2 fully saturated rings. The van der Waals surface area contributed by atoms with Gasteiger partial charge in [-0.2, -0.15) is 0 Å². The van der Waals surface area contributed by atoms with Gasteiger partial charge in [0.25, 0.3) is 0 Å². The van der Waals surface area contributed by atoms with E-state index in [9.17, 15) is 0 Å². The third kappa shape index (κ3) is 2.92. The van der Waals surface area contributed by atoms with Gasteiger partial charge in [-0.25, -0.2) is 0 Å². The van der Waals surface area contributed by atoms with Crippen LogP contribution in [0.2, 0.25) is 0 Å². The van der Waals surface area contributed by atoms with Gasteiger partial charge >= 0.3 is 0 Å². The van der Waals surface area contributed by atoms with Crippen LogP contribution in [0, 0.1) is 0 Å². The van der Waals surface area contributed by atoms with Gasteiger partial charge in [0.15, 0.2) is 0 Å². The minimum atomic E-state index is 0.837. The van der Waals surface area contributed by atoms with E-state index < -0.39 is 0 Å². The van der Waals surface area contributed by atoms with Crippen molar-refractivity contribution in [3.05, 3.63) is 0 Å². The Morgan fingerprint density at radius 1 is 1.00 bits per heavy atom. The molecule has 1 heterocycles. The lowest BCUT2D eigenvalue weighted by Crippen LogP contribution is -2.50. The van der Waals surface area contributed by atoms with Crippen LogP contribution in [0.15, 0.2) is 0 Å². The largest absolute Gasteiger partial charge is 0.314 e. The Kier molecular flexibility index (Phi) is 4.00. The van der Waals surface area contributed by atoms with Crippen molar-refractivity contribution in [2.24, 2.45) is 0 Å². The van der Waals surface area contributed by atoms with Gasteiger partial charge in [-0.3, -0.25) is 4.90 Å². The van der Waals surface area contributed by atoms with E-state index in [-0.39, 0.29) is 0 Å². The molecule has 2 rings (SSSR count). The summed E-state index contributed by atoms with van der Waals surface area (Å²) >= 11 is 0. The van der Waals surface area contributed by atoms with Crippen LogP contribution in [0.25, 0.3) is 0 Å². The van der Waals surface area contributed by atoms with E-state index in [0.717, 1.165) is 12.1 Å². The smallest absolute Gasteiger partial charge is 0.0110 e. The number of hydrogen-bond donors (Lipinski definition) is 1. The van der Waals surface area contributed by atoms with Crippen molar-refractivity contribution in [3.8, 4) is 0 Å². The second kappa shape index (κ2) is 5.28. The Labute approximate surface area is 93.8 Å². The van der Waals surface area contributed by atoms with E-state index >= 15 is 0 Å². The molecule has 0 aromatic carbocycles. The molecule has 3 nitrogen and oxygen atoms in total. The Morgan fingerprint density at radius 2 is 1.60 bits per heavy atom. The van der Waals surface area contributed by atoms with Gasteiger partial charge in [-0.15, -0.1) is 0 Å². The van der Waals surface area contributed by atoms with Crippen molar-refractivity contribution in [2.75, 3.05) is 40.3 Å². The summed E-state index contributed by atoms with van der Waals surface area (Å²) in [5, 5.41) is 3.43. The monoisotopic (exact) mass is 211 g/mol. The molecule has 1 saturated heterocycles. The summed E-state index contributed by atoms with van der Waals surface area (Å²) in [5.41, 5.74) is 0. The lowest BCUT2D eigenvalue weighted by Gasteiger charge is -2.40. The molecule has 15 heavy (non-hydrogen) atoms. The number of hydrogen-bond acceptors (Lipinski definition) is 3. The van der Waals surface area contributed by atoms with E-state index in [1.54, 1.807) is 0 Å². The molecule has 0 atom stereocenters. The molecule has 1 saturated carbocycles. The molecule has 0 spiro atoms. The van der Waals surface area contributed by atoms with E-state index in [4.69, 9.17) is 0 Å². The molecule has 0 aromatic rings. The normalized spacial score (nSPS) is 34.6. The third-order valence-electron chi connectivity index (χ3n) is 4.06. The first kappa shape index (κ1) is 11.4. The molecule has 1 aliphatic heterocycles. The van der Waals surface area contributed by atoms with Crippen molar-refractivity contribution in [1.82, 2.24) is 15.1 Å². The third-order valence-corrected chi connectivity index (χ3v) is 4.06. The Bertz CT molecular complexity index is 179. The van der Waals surface area contributed by atoms with Crippen molar-refractivity contribution >= 4 is 0 Å². The molecule has 88 valence electrons. The topological polar surface area (TPSA) is 18.5 Å². The maximum absolute atomic E-state index is 3.43. The molecule has 0 aromatic heterocycles. The molecule has 1 aliphatic carbocycles. The Balaban J connectivity index is 1.77. The van der Waals surface area contributed by atoms with Crippen molar-refractivity contribution in [3.63, 3.8) is 0 Å². The van der Waals surface area contributed by atoms with E-state index in [1.807, 2.05) is 0 Å². The van der Waals surface area contributed by atoms with Gasteiger partial charge in [0.2, 0.25) is 0 Å². The van der Waals surface area contributed by atoms with Crippen LogP contribution in [-0.4, -0.2) is 62.2 Å². The summed E-state index contributed by atoms with van der Waals surface area (Å²) in [6.45, 7) is 4.90. The first-order valence-corrected chi connectivity index (χ1v) is 6.38. The van der Waals surface area contributed by atoms with Gasteiger partial charge in [-0.05, 0) is 39.8 Å². The van der Waals surface area contributed by atoms with Gasteiger partial charge in [0.1, 0.15) is 0 Å². The predicted molar refractivity (Wildman–Crippen MR) is 64.2 cm³/mol. The highest BCUT2D eigenvalue weighted by molar-refractivity contribution is 4.84. The van der Waals surface area contributed by atoms with Crippen LogP contribution in [0.4, 0.5) is 0 Å². The zero-order chi connectivity index (χ0) is 10.7. The molecule has 2 aliphatic rings. The Hall–Kier alpha value is -0.120. The average molecular weight is 211 g/mol. The summed E-state index contributed by atoms with van der Waals surface area (Å²) in [5.74, 6) is 0. The summed E-state index contributed by atoms with van der Waals surface area (Å²) in [7, 11) is 4.44. The minimum absolute atomic E-state index is 0.837. The maximum atomic E-state index is 3.43. The standard InChI is InChI=1S/C12H25N3/c1-14(2)11-3-5-12(6-4-11)15-9-7-13-8-10-15/h11-13H,3-10H2,1-2H3. The molecule has 0 radical (unpaired) electrons. The number of nitrogens with one attached hydrogen (secondary N) is 1. The quantitative estimate of drug-likeness (QED) is 0.728. The summed E-state index contributed by atoms with van der Waals surface area (Å²) in [4.78, 5) is 5.09. The fraction of sp³-hybridized carbons (Fsp3) is 1.00. The van der Waals surface area contributed by atoms with Gasteiger partial charge in [-0.1, -0.05) is 0 Å². The second-order valence-corrected chi connectivity index (χ2v) is 5.21. The van der Waals surface area contributed by atoms with Crippen LogP contribution in [0.1, 0.15) is 25.7 Å². The van der Waals surface area contributed by atoms with Gasteiger partial charge in [0.05, 0.1) is 0 Å². The van der Waals surface area contributed by atoms with Gasteiger partial charge in [0, 0.05) is 38.3 Å². The highest BCUT2D eigenvalue weighted by Gasteiger charge is 2.27. The highest BCUT2D eigenvalue weighted by atomic mass is 15.2. The van der Waals surface area contributed by atoms with Crippen molar-refractivity contribution in [2.45, 2.75) is 37.8 Å². The fourth-order valence-corrected chi connectivity index (χ4v) is 2.99. The van der Waals surface area contributed by atoms with Crippen LogP contribution in [0.5, 0.6) is 0 Å². The first-order valence-electron chi connectivity index (χ1n) is 6.38. The van der Waals surface area contributed by atoms with Crippen LogP contribution in [0.3, 0.4) is 0 Å². The van der Waals surface area contributed by atoms with Crippen LogP contribution < -0.4 is 5.32 Å². The molecule has 0 unspecified atom stereocenters. The average Bonchev–Trinajstić information content (AvgIpc) is 2.30. The predicted octanol–water partition coefficient (Wildman–Crippen LogP) is 0.764. The minimum Gasteiger partial charge on any atom is -0.314 e. The lowest BCUT2D eigenvalue weighted by atomic mass is 9.89. The molecule has 3 heteroatoms. The van der Waals surface area contributed by atoms with E-state index in [0.29, 0.717) is 0 Å². The zero-order valence-corrected chi connectivity index (χ0v) is 10.2. The SMILES string of the molecule is CN(C)C1CCC(N2CCNCC2)CC1. The van der Waals surface area contributed by atoms with Crippen LogP contribution >= 0.6 is 0 Å². The number of nitrogens with zero attached hydrogens (tertiary/aromatic N) is 2. The summed E-state index contributed by atoms with van der Waals surface area (Å²) in [6.07, 6.45) is 5.59. The highest BCUT2D eigenvalue weighted by Crippen LogP contribution is 2.25. The number of piperazine rings is 1. The van der Waals surface area contributed by atoms with Gasteiger partial charge < -0.3 is 10.2 Å².